The van der Waals surface area contributed by atoms with Crippen molar-refractivity contribution < 1.29 is 17.9 Å². The summed E-state index contributed by atoms with van der Waals surface area (Å²) in [5, 5.41) is -0.327. The van der Waals surface area contributed by atoms with Gasteiger partial charge in [0.15, 0.2) is 5.03 Å². The van der Waals surface area contributed by atoms with Gasteiger partial charge < -0.3 is 15.4 Å². The molecule has 1 amide bonds. The maximum atomic E-state index is 13.4. The molecule has 1 atom stereocenters. The summed E-state index contributed by atoms with van der Waals surface area (Å²) >= 11 is 0. The van der Waals surface area contributed by atoms with Crippen LogP contribution in [-0.4, -0.2) is 43.0 Å². The first-order chi connectivity index (χ1) is 17.4. The number of nitrogens with zero attached hydrogens (tertiary/aromatic N) is 3. The summed E-state index contributed by atoms with van der Waals surface area (Å²) in [7, 11) is -4.24. The highest BCUT2D eigenvalue weighted by Crippen LogP contribution is 2.38. The molecule has 1 fully saturated rings. The monoisotopic (exact) mass is 523 g/mol. The van der Waals surface area contributed by atoms with E-state index in [1.54, 1.807) is 12.1 Å². The number of sulfonamides is 1. The van der Waals surface area contributed by atoms with Crippen molar-refractivity contribution in [2.24, 2.45) is 5.92 Å². The molecule has 3 aromatic rings. The Morgan fingerprint density at radius 3 is 2.57 bits per heavy atom. The van der Waals surface area contributed by atoms with Crippen LogP contribution in [0.15, 0.2) is 53.6 Å². The fraction of sp³-hybridized carbons (Fsp3) is 0.370. The van der Waals surface area contributed by atoms with E-state index in [9.17, 15) is 13.2 Å². The van der Waals surface area contributed by atoms with Gasteiger partial charge in [0.1, 0.15) is 17.4 Å². The van der Waals surface area contributed by atoms with Gasteiger partial charge in [0.25, 0.3) is 15.9 Å². The summed E-state index contributed by atoms with van der Waals surface area (Å²) in [6.45, 7) is 11.5. The van der Waals surface area contributed by atoms with Crippen molar-refractivity contribution in [3.05, 3.63) is 59.7 Å². The highest BCUT2D eigenvalue weighted by atomic mass is 32.2. The first kappa shape index (κ1) is 26.4. The SMILES string of the molecule is CCOc1ccc(-c2ccc(C(=O)NS(=O)(=O)c3cccc(N)n3)c(N3CC(C)CC3(C)C)n2)c(C)c1. The van der Waals surface area contributed by atoms with Crippen LogP contribution in [0.1, 0.15) is 50.0 Å². The van der Waals surface area contributed by atoms with E-state index < -0.39 is 15.9 Å². The van der Waals surface area contributed by atoms with Crippen molar-refractivity contribution in [1.82, 2.24) is 14.7 Å². The molecule has 1 saturated heterocycles. The Hall–Kier alpha value is -3.66. The number of hydrogen-bond donors (Lipinski definition) is 2. The predicted molar refractivity (Wildman–Crippen MR) is 144 cm³/mol. The first-order valence-corrected chi connectivity index (χ1v) is 13.7. The average Bonchev–Trinajstić information content (AvgIpc) is 3.10. The molecule has 1 unspecified atom stereocenters. The standard InChI is InChI=1S/C27H33N5O4S/c1-6-36-19-10-11-20(18(3)14-19)22-13-12-21(25(29-22)32-16-17(2)15-27(32,4)5)26(33)31-37(34,35)24-9-7-8-23(28)30-24/h7-14,17H,6,15-16H2,1-5H3,(H2,28,30)(H,31,33). The number of nitrogens with one attached hydrogen (secondary N) is 1. The molecule has 37 heavy (non-hydrogen) atoms. The smallest absolute Gasteiger partial charge is 0.281 e. The van der Waals surface area contributed by atoms with Crippen LogP contribution in [0.2, 0.25) is 0 Å². The van der Waals surface area contributed by atoms with Crippen LogP contribution >= 0.6 is 0 Å². The zero-order chi connectivity index (χ0) is 27.0. The summed E-state index contributed by atoms with van der Waals surface area (Å²) in [5.74, 6) is 0.851. The van der Waals surface area contributed by atoms with Crippen molar-refractivity contribution in [3.8, 4) is 17.0 Å². The lowest BCUT2D eigenvalue weighted by atomic mass is 9.97. The van der Waals surface area contributed by atoms with Gasteiger partial charge in [-0.25, -0.2) is 14.7 Å². The Balaban J connectivity index is 1.77. The van der Waals surface area contributed by atoms with Crippen LogP contribution < -0.4 is 20.1 Å². The highest BCUT2D eigenvalue weighted by molar-refractivity contribution is 7.90. The van der Waals surface area contributed by atoms with E-state index in [1.165, 1.54) is 18.2 Å². The van der Waals surface area contributed by atoms with Crippen LogP contribution in [-0.2, 0) is 10.0 Å². The molecule has 1 aliphatic rings. The minimum Gasteiger partial charge on any atom is -0.494 e. The summed E-state index contributed by atoms with van der Waals surface area (Å²) in [5.41, 5.74) is 8.10. The number of carbonyl (C=O) groups is 1. The lowest BCUT2D eigenvalue weighted by molar-refractivity contribution is 0.0981. The van der Waals surface area contributed by atoms with E-state index in [2.05, 4.69) is 35.4 Å². The van der Waals surface area contributed by atoms with Gasteiger partial charge in [-0.15, -0.1) is 0 Å². The Kier molecular flexibility index (Phi) is 7.14. The number of anilines is 2. The van der Waals surface area contributed by atoms with Crippen LogP contribution in [0.4, 0.5) is 11.6 Å². The molecule has 3 N–H and O–H groups in total. The summed E-state index contributed by atoms with van der Waals surface area (Å²) < 4.78 is 33.6. The predicted octanol–water partition coefficient (Wildman–Crippen LogP) is 4.18. The Morgan fingerprint density at radius 1 is 1.19 bits per heavy atom. The van der Waals surface area contributed by atoms with Crippen LogP contribution in [0, 0.1) is 12.8 Å². The Morgan fingerprint density at radius 2 is 1.95 bits per heavy atom. The van der Waals surface area contributed by atoms with Gasteiger partial charge in [-0.3, -0.25) is 4.79 Å². The van der Waals surface area contributed by atoms with E-state index in [0.29, 0.717) is 30.6 Å². The molecular formula is C27H33N5O4S. The molecular weight excluding hydrogens is 490 g/mol. The van der Waals surface area contributed by atoms with Gasteiger partial charge in [0.05, 0.1) is 17.9 Å². The lowest BCUT2D eigenvalue weighted by Gasteiger charge is -2.34. The third-order valence-corrected chi connectivity index (χ3v) is 7.71. The molecule has 0 spiro atoms. The van der Waals surface area contributed by atoms with Crippen molar-refractivity contribution >= 4 is 27.6 Å². The normalized spacial score (nSPS) is 17.0. The van der Waals surface area contributed by atoms with E-state index in [1.807, 2.05) is 32.0 Å². The molecule has 9 nitrogen and oxygen atoms in total. The number of nitrogen functional groups attached to an aromatic ring is 1. The number of aryl methyl sites for hydroxylation is 1. The molecule has 2 aromatic heterocycles. The van der Waals surface area contributed by atoms with Crippen molar-refractivity contribution in [1.29, 1.82) is 0 Å². The molecule has 196 valence electrons. The highest BCUT2D eigenvalue weighted by Gasteiger charge is 2.39. The van der Waals surface area contributed by atoms with Crippen LogP contribution in [0.3, 0.4) is 0 Å². The fourth-order valence-electron chi connectivity index (χ4n) is 4.93. The minimum absolute atomic E-state index is 0.0422. The maximum absolute atomic E-state index is 13.4. The Bertz CT molecular complexity index is 1440. The van der Waals surface area contributed by atoms with E-state index in [0.717, 1.165) is 23.3 Å². The van der Waals surface area contributed by atoms with Gasteiger partial charge in [0.2, 0.25) is 0 Å². The number of benzene rings is 1. The number of ether oxygens (including phenoxy) is 1. The van der Waals surface area contributed by atoms with E-state index >= 15 is 0 Å². The third kappa shape index (κ3) is 5.53. The largest absolute Gasteiger partial charge is 0.494 e. The van der Waals surface area contributed by atoms with Gasteiger partial charge in [-0.1, -0.05) is 13.0 Å². The molecule has 10 heteroatoms. The Labute approximate surface area is 218 Å². The lowest BCUT2D eigenvalue weighted by Crippen LogP contribution is -2.41. The molecule has 1 aliphatic heterocycles. The van der Waals surface area contributed by atoms with Crippen LogP contribution in [0.5, 0.6) is 5.75 Å². The number of pyridine rings is 2. The zero-order valence-corrected chi connectivity index (χ0v) is 22.6. The molecule has 1 aromatic carbocycles. The summed E-state index contributed by atoms with van der Waals surface area (Å²) in [4.78, 5) is 24.2. The van der Waals surface area contributed by atoms with Gasteiger partial charge in [0, 0.05) is 17.6 Å². The number of amides is 1. The summed E-state index contributed by atoms with van der Waals surface area (Å²) in [6, 6.07) is 13.4. The number of carbonyl (C=O) groups excluding carboxylic acids is 1. The number of hydrogen-bond acceptors (Lipinski definition) is 8. The average molecular weight is 524 g/mol. The number of aromatic nitrogens is 2. The zero-order valence-electron chi connectivity index (χ0n) is 21.8. The second kappa shape index (κ2) is 10.0. The van der Waals surface area contributed by atoms with Crippen LogP contribution in [0.25, 0.3) is 11.3 Å². The van der Waals surface area contributed by atoms with Gasteiger partial charge in [-0.2, -0.15) is 8.42 Å². The van der Waals surface area contributed by atoms with Crippen molar-refractivity contribution in [2.45, 2.75) is 51.6 Å². The molecule has 0 aliphatic carbocycles. The molecule has 0 bridgehead atoms. The van der Waals surface area contributed by atoms with E-state index in [4.69, 9.17) is 15.5 Å². The number of nitrogens with two attached hydrogens (primary N) is 1. The minimum atomic E-state index is -4.24. The molecule has 0 radical (unpaired) electrons. The van der Waals surface area contributed by atoms with Crippen molar-refractivity contribution in [2.75, 3.05) is 23.8 Å². The third-order valence-electron chi connectivity index (χ3n) is 6.48. The second-order valence-electron chi connectivity index (χ2n) is 10.0. The molecule has 4 rings (SSSR count). The van der Waals surface area contributed by atoms with Crippen molar-refractivity contribution in [3.63, 3.8) is 0 Å². The van der Waals surface area contributed by atoms with E-state index in [-0.39, 0.29) is 21.9 Å². The van der Waals surface area contributed by atoms with Gasteiger partial charge in [-0.05, 0) is 88.1 Å². The maximum Gasteiger partial charge on any atom is 0.281 e. The van der Waals surface area contributed by atoms with Gasteiger partial charge >= 0.3 is 0 Å². The quantitative estimate of drug-likeness (QED) is 0.472. The fourth-order valence-corrected chi connectivity index (χ4v) is 5.87. The number of rotatable bonds is 7. The first-order valence-electron chi connectivity index (χ1n) is 12.2. The topological polar surface area (TPSA) is 128 Å². The second-order valence-corrected chi connectivity index (χ2v) is 11.7. The molecule has 3 heterocycles. The molecule has 0 saturated carbocycles. The summed E-state index contributed by atoms with van der Waals surface area (Å²) in [6.07, 6.45) is 0.910.